The maximum atomic E-state index is 12.5. The zero-order valence-electron chi connectivity index (χ0n) is 19.9. The average molecular weight is 499 g/mol. The molecular formula is C26H37Cl2O3P. The Labute approximate surface area is 204 Å². The van der Waals surface area contributed by atoms with Gasteiger partial charge in [-0.2, -0.15) is 0 Å². The molecule has 0 aliphatic carbocycles. The number of benzene rings is 2. The van der Waals surface area contributed by atoms with Crippen molar-refractivity contribution in [2.24, 2.45) is 0 Å². The molecule has 0 radical (unpaired) electrons. The highest BCUT2D eigenvalue weighted by atomic mass is 35.5. The SMILES string of the molecule is CCc1c(CCCl)ccc(CO[PH](=O)OCc2ccc(CCCl)c(CC)c2CC)c1CC. The first-order chi connectivity index (χ1) is 15.5. The molecule has 0 aliphatic heterocycles. The Balaban J connectivity index is 2.07. The predicted molar refractivity (Wildman–Crippen MR) is 138 cm³/mol. The number of alkyl halides is 2. The van der Waals surface area contributed by atoms with E-state index in [1.807, 2.05) is 0 Å². The molecule has 0 saturated carbocycles. The third-order valence-electron chi connectivity index (χ3n) is 6.08. The van der Waals surface area contributed by atoms with Gasteiger partial charge < -0.3 is 9.05 Å². The Hall–Kier alpha value is -0.830. The molecule has 178 valence electrons. The van der Waals surface area contributed by atoms with E-state index < -0.39 is 8.25 Å². The second-order valence-electron chi connectivity index (χ2n) is 7.80. The minimum atomic E-state index is -2.60. The van der Waals surface area contributed by atoms with E-state index in [1.54, 1.807) is 0 Å². The Kier molecular flexibility index (Phi) is 12.4. The summed E-state index contributed by atoms with van der Waals surface area (Å²) in [5.41, 5.74) is 9.99. The first-order valence-corrected chi connectivity index (χ1v) is 14.0. The Bertz CT molecular complexity index is 828. The van der Waals surface area contributed by atoms with Gasteiger partial charge in [-0.3, -0.25) is 4.57 Å². The molecule has 0 spiro atoms. The fraction of sp³-hybridized carbons (Fsp3) is 0.538. The van der Waals surface area contributed by atoms with E-state index >= 15 is 0 Å². The molecule has 0 heterocycles. The molecule has 2 aromatic rings. The van der Waals surface area contributed by atoms with Crippen LogP contribution in [-0.4, -0.2) is 11.8 Å². The van der Waals surface area contributed by atoms with Gasteiger partial charge in [0.05, 0.1) is 13.2 Å². The van der Waals surface area contributed by atoms with Crippen LogP contribution in [0.25, 0.3) is 0 Å². The van der Waals surface area contributed by atoms with Crippen LogP contribution in [0.1, 0.15) is 72.2 Å². The van der Waals surface area contributed by atoms with E-state index in [0.29, 0.717) is 25.0 Å². The van der Waals surface area contributed by atoms with E-state index in [-0.39, 0.29) is 0 Å². The van der Waals surface area contributed by atoms with E-state index in [0.717, 1.165) is 49.7 Å². The summed E-state index contributed by atoms with van der Waals surface area (Å²) >= 11 is 11.9. The van der Waals surface area contributed by atoms with Crippen molar-refractivity contribution in [2.45, 2.75) is 79.4 Å². The van der Waals surface area contributed by atoms with Gasteiger partial charge in [0.15, 0.2) is 0 Å². The van der Waals surface area contributed by atoms with Crippen LogP contribution < -0.4 is 0 Å². The number of rotatable bonds is 14. The number of hydrogen-bond acceptors (Lipinski definition) is 3. The molecular weight excluding hydrogens is 462 g/mol. The second-order valence-corrected chi connectivity index (χ2v) is 9.63. The predicted octanol–water partition coefficient (Wildman–Crippen LogP) is 7.62. The maximum absolute atomic E-state index is 12.5. The summed E-state index contributed by atoms with van der Waals surface area (Å²) in [6, 6.07) is 8.40. The molecule has 6 heteroatoms. The van der Waals surface area contributed by atoms with Crippen LogP contribution in [-0.2, 0) is 65.4 Å². The van der Waals surface area contributed by atoms with Crippen molar-refractivity contribution in [2.75, 3.05) is 11.8 Å². The van der Waals surface area contributed by atoms with Gasteiger partial charge in [0.25, 0.3) is 0 Å². The Morgan fingerprint density at radius 3 is 1.25 bits per heavy atom. The molecule has 0 aromatic heterocycles. The van der Waals surface area contributed by atoms with Gasteiger partial charge >= 0.3 is 8.25 Å². The van der Waals surface area contributed by atoms with E-state index in [9.17, 15) is 4.57 Å². The van der Waals surface area contributed by atoms with Crippen LogP contribution in [0.5, 0.6) is 0 Å². The number of hydrogen-bond donors (Lipinski definition) is 0. The zero-order chi connectivity index (χ0) is 23.5. The summed E-state index contributed by atoms with van der Waals surface area (Å²) in [5, 5.41) is 0. The summed E-state index contributed by atoms with van der Waals surface area (Å²) in [5.74, 6) is 1.22. The highest BCUT2D eigenvalue weighted by Crippen LogP contribution is 2.32. The van der Waals surface area contributed by atoms with Gasteiger partial charge in [-0.25, -0.2) is 0 Å². The van der Waals surface area contributed by atoms with Crippen LogP contribution in [0.3, 0.4) is 0 Å². The lowest BCUT2D eigenvalue weighted by Gasteiger charge is -2.18. The largest absolute Gasteiger partial charge is 0.319 e. The molecule has 0 aliphatic rings. The average Bonchev–Trinajstić information content (AvgIpc) is 2.81. The molecule has 0 atom stereocenters. The van der Waals surface area contributed by atoms with Crippen LogP contribution in [0, 0.1) is 0 Å². The molecule has 0 amide bonds. The van der Waals surface area contributed by atoms with E-state index in [2.05, 4.69) is 52.0 Å². The molecule has 0 bridgehead atoms. The van der Waals surface area contributed by atoms with Gasteiger partial charge in [0.2, 0.25) is 0 Å². The highest BCUT2D eigenvalue weighted by molar-refractivity contribution is 7.33. The summed E-state index contributed by atoms with van der Waals surface area (Å²) in [6.45, 7) is 9.21. The summed E-state index contributed by atoms with van der Waals surface area (Å²) in [4.78, 5) is 0. The van der Waals surface area contributed by atoms with Crippen LogP contribution in [0.15, 0.2) is 24.3 Å². The minimum absolute atomic E-state index is 0.296. The van der Waals surface area contributed by atoms with Gasteiger partial charge in [-0.05, 0) is 83.0 Å². The molecule has 0 N–H and O–H groups in total. The van der Waals surface area contributed by atoms with Crippen molar-refractivity contribution < 1.29 is 13.6 Å². The first-order valence-electron chi connectivity index (χ1n) is 11.7. The highest BCUT2D eigenvalue weighted by Gasteiger charge is 2.14. The molecule has 0 saturated heterocycles. The van der Waals surface area contributed by atoms with E-state index in [4.69, 9.17) is 32.2 Å². The summed E-state index contributed by atoms with van der Waals surface area (Å²) in [7, 11) is -2.60. The van der Waals surface area contributed by atoms with Gasteiger partial charge in [0, 0.05) is 11.8 Å². The summed E-state index contributed by atoms with van der Waals surface area (Å²) < 4.78 is 23.9. The fourth-order valence-corrected chi connectivity index (χ4v) is 5.64. The Morgan fingerprint density at radius 2 is 0.938 bits per heavy atom. The van der Waals surface area contributed by atoms with Gasteiger partial charge in [0.1, 0.15) is 0 Å². The molecule has 2 rings (SSSR count). The van der Waals surface area contributed by atoms with Crippen LogP contribution >= 0.6 is 31.5 Å². The maximum Gasteiger partial charge on any atom is 0.319 e. The fourth-order valence-electron chi connectivity index (χ4n) is 4.60. The standard InChI is InChI=1S/C26H37Cl2O3P/c1-5-23-19(13-15-27)9-11-21(25(23)7-3)17-30-32(29)31-18-22-12-10-20(14-16-28)24(6-2)26(22)8-4/h9-12,32H,5-8,13-18H2,1-4H3. The van der Waals surface area contributed by atoms with Crippen molar-refractivity contribution >= 4 is 31.5 Å². The quantitative estimate of drug-likeness (QED) is 0.198. The normalized spacial score (nSPS) is 11.5. The first kappa shape index (κ1) is 27.4. The smallest absolute Gasteiger partial charge is 0.306 e. The molecule has 2 aromatic carbocycles. The summed E-state index contributed by atoms with van der Waals surface area (Å²) in [6.07, 6.45) is 5.45. The minimum Gasteiger partial charge on any atom is -0.306 e. The van der Waals surface area contributed by atoms with Crippen molar-refractivity contribution in [1.29, 1.82) is 0 Å². The van der Waals surface area contributed by atoms with Crippen molar-refractivity contribution in [3.05, 3.63) is 68.8 Å². The molecule has 32 heavy (non-hydrogen) atoms. The van der Waals surface area contributed by atoms with Crippen molar-refractivity contribution in [3.8, 4) is 0 Å². The van der Waals surface area contributed by atoms with E-state index in [1.165, 1.54) is 33.4 Å². The lowest BCUT2D eigenvalue weighted by atomic mass is 9.92. The van der Waals surface area contributed by atoms with Crippen molar-refractivity contribution in [1.82, 2.24) is 0 Å². The van der Waals surface area contributed by atoms with Gasteiger partial charge in [-0.15, -0.1) is 23.2 Å². The molecule has 0 unspecified atom stereocenters. The lowest BCUT2D eigenvalue weighted by Crippen LogP contribution is -2.05. The van der Waals surface area contributed by atoms with Gasteiger partial charge in [-0.1, -0.05) is 52.0 Å². The topological polar surface area (TPSA) is 35.5 Å². The third kappa shape index (κ3) is 7.08. The van der Waals surface area contributed by atoms with Crippen LogP contribution in [0.4, 0.5) is 0 Å². The molecule has 0 fully saturated rings. The molecule has 3 nitrogen and oxygen atoms in total. The van der Waals surface area contributed by atoms with Crippen molar-refractivity contribution in [3.63, 3.8) is 0 Å². The zero-order valence-corrected chi connectivity index (χ0v) is 22.4. The monoisotopic (exact) mass is 498 g/mol. The number of halogens is 2. The number of aryl methyl sites for hydroxylation is 2. The lowest BCUT2D eigenvalue weighted by molar-refractivity contribution is 0.212. The second kappa shape index (κ2) is 14.4. The van der Waals surface area contributed by atoms with Crippen LogP contribution in [0.2, 0.25) is 0 Å². The Morgan fingerprint density at radius 1 is 0.625 bits per heavy atom. The third-order valence-corrected chi connectivity index (χ3v) is 7.22.